The van der Waals surface area contributed by atoms with Crippen LogP contribution < -0.4 is 0 Å². The summed E-state index contributed by atoms with van der Waals surface area (Å²) in [5, 5.41) is 22.6. The van der Waals surface area contributed by atoms with Crippen molar-refractivity contribution in [3.8, 4) is 0 Å². The Morgan fingerprint density at radius 1 is 0.971 bits per heavy atom. The summed E-state index contributed by atoms with van der Waals surface area (Å²) in [5.74, 6) is -2.46. The van der Waals surface area contributed by atoms with Gasteiger partial charge >= 0.3 is 17.9 Å². The van der Waals surface area contributed by atoms with E-state index in [1.165, 1.54) is 20.8 Å². The molecule has 8 nitrogen and oxygen atoms in total. The molecule has 0 amide bonds. The molecule has 0 aliphatic heterocycles. The molecule has 0 aromatic carbocycles. The monoisotopic (exact) mass is 478 g/mol. The second kappa shape index (κ2) is 9.11. The summed E-state index contributed by atoms with van der Waals surface area (Å²) in [4.78, 5) is 36.5. The molecular formula is C26H38O8. The highest BCUT2D eigenvalue weighted by atomic mass is 16.6. The largest absolute Gasteiger partial charge is 0.462 e. The Morgan fingerprint density at radius 2 is 1.53 bits per heavy atom. The highest BCUT2D eigenvalue weighted by Gasteiger charge is 2.62. The van der Waals surface area contributed by atoms with Crippen molar-refractivity contribution in [3.05, 3.63) is 23.3 Å². The molecule has 0 unspecified atom stereocenters. The van der Waals surface area contributed by atoms with Crippen LogP contribution in [-0.2, 0) is 28.6 Å². The Hall–Kier alpha value is -2.19. The van der Waals surface area contributed by atoms with Crippen molar-refractivity contribution >= 4 is 17.9 Å². The minimum Gasteiger partial charge on any atom is -0.462 e. The maximum atomic E-state index is 12.3. The molecule has 0 saturated heterocycles. The summed E-state index contributed by atoms with van der Waals surface area (Å²) in [5.41, 5.74) is 0.276. The third-order valence-electron chi connectivity index (χ3n) is 8.37. The number of carbonyl (C=O) groups excluding carboxylic acids is 3. The van der Waals surface area contributed by atoms with Crippen molar-refractivity contribution in [2.75, 3.05) is 0 Å². The van der Waals surface area contributed by atoms with Crippen LogP contribution in [0.15, 0.2) is 23.3 Å². The van der Waals surface area contributed by atoms with Crippen molar-refractivity contribution in [1.29, 1.82) is 0 Å². The van der Waals surface area contributed by atoms with E-state index >= 15 is 0 Å². The maximum Gasteiger partial charge on any atom is 0.303 e. The Morgan fingerprint density at radius 3 is 2.06 bits per heavy atom. The van der Waals surface area contributed by atoms with E-state index < -0.39 is 65.2 Å². The van der Waals surface area contributed by atoms with Crippen LogP contribution in [0.2, 0.25) is 0 Å². The number of hydrogen-bond acceptors (Lipinski definition) is 8. The van der Waals surface area contributed by atoms with E-state index in [1.54, 1.807) is 0 Å². The number of rotatable bonds is 3. The molecule has 0 aromatic rings. The van der Waals surface area contributed by atoms with Gasteiger partial charge in [-0.2, -0.15) is 0 Å². The molecule has 3 aliphatic rings. The molecule has 2 bridgehead atoms. The number of aliphatic hydroxyl groups is 2. The lowest BCUT2D eigenvalue weighted by atomic mass is 9.49. The summed E-state index contributed by atoms with van der Waals surface area (Å²) < 4.78 is 17.4. The molecule has 3 aliphatic carbocycles. The summed E-state index contributed by atoms with van der Waals surface area (Å²) in [6.45, 7) is 15.7. The Bertz CT molecular complexity index is 918. The Kier molecular flexibility index (Phi) is 7.08. The van der Waals surface area contributed by atoms with Gasteiger partial charge in [-0.15, -0.1) is 0 Å². The van der Waals surface area contributed by atoms with Gasteiger partial charge in [0.2, 0.25) is 0 Å². The summed E-state index contributed by atoms with van der Waals surface area (Å²) in [7, 11) is 0. The van der Waals surface area contributed by atoms with Crippen LogP contribution in [0, 0.1) is 22.7 Å². The average Bonchev–Trinajstić information content (AvgIpc) is 2.69. The van der Waals surface area contributed by atoms with Crippen LogP contribution in [0.5, 0.6) is 0 Å². The number of esters is 3. The predicted octanol–water partition coefficient (Wildman–Crippen LogP) is 2.85. The van der Waals surface area contributed by atoms with Crippen molar-refractivity contribution in [3.63, 3.8) is 0 Å². The zero-order valence-corrected chi connectivity index (χ0v) is 21.2. The van der Waals surface area contributed by atoms with E-state index in [9.17, 15) is 24.6 Å². The fraction of sp³-hybridized carbons (Fsp3) is 0.731. The lowest BCUT2D eigenvalue weighted by Gasteiger charge is -2.59. The molecule has 0 radical (unpaired) electrons. The Labute approximate surface area is 201 Å². The van der Waals surface area contributed by atoms with E-state index in [0.717, 1.165) is 5.57 Å². The van der Waals surface area contributed by atoms with E-state index in [4.69, 9.17) is 14.2 Å². The van der Waals surface area contributed by atoms with E-state index in [1.807, 2.05) is 27.7 Å². The third kappa shape index (κ3) is 4.31. The van der Waals surface area contributed by atoms with Crippen LogP contribution in [0.1, 0.15) is 67.7 Å². The van der Waals surface area contributed by atoms with Gasteiger partial charge < -0.3 is 24.4 Å². The second-order valence-electron chi connectivity index (χ2n) is 10.9. The minimum absolute atomic E-state index is 0.364. The normalized spacial score (nSPS) is 39.3. The van der Waals surface area contributed by atoms with Gasteiger partial charge in [0.25, 0.3) is 0 Å². The summed E-state index contributed by atoms with van der Waals surface area (Å²) in [6, 6.07) is 0. The fourth-order valence-corrected chi connectivity index (χ4v) is 6.77. The maximum absolute atomic E-state index is 12.3. The number of aliphatic hydroxyl groups excluding tert-OH is 2. The van der Waals surface area contributed by atoms with Gasteiger partial charge in [0.1, 0.15) is 18.3 Å². The van der Waals surface area contributed by atoms with Crippen molar-refractivity contribution in [2.24, 2.45) is 22.7 Å². The molecule has 2 fully saturated rings. The lowest BCUT2D eigenvalue weighted by molar-refractivity contribution is -0.192. The van der Waals surface area contributed by atoms with Crippen LogP contribution in [0.3, 0.4) is 0 Å². The summed E-state index contributed by atoms with van der Waals surface area (Å²) >= 11 is 0. The summed E-state index contributed by atoms with van der Waals surface area (Å²) in [6.07, 6.45) is -3.20. The lowest BCUT2D eigenvalue weighted by Crippen LogP contribution is -2.63. The first kappa shape index (κ1) is 26.4. The highest BCUT2D eigenvalue weighted by molar-refractivity contribution is 5.68. The van der Waals surface area contributed by atoms with Gasteiger partial charge in [0.05, 0.1) is 6.10 Å². The SMILES string of the molecule is C=C1[C@@H](O)CC[C@@]2(C)[C@@H](O)[C@H](OC(C)=O)C3=C(C)[C@@H](OC(C)=O)C[C@@H]([C@@H](OC(C)=O)[C@H]12)C3(C)C. The van der Waals surface area contributed by atoms with Crippen LogP contribution in [0.4, 0.5) is 0 Å². The molecule has 0 spiro atoms. The standard InChI is InChI=1S/C26H38O8/c1-12-18(30)9-10-26(8)21(12)22(33-15(4)28)17-11-19(32-14(3)27)13(2)20(25(17,6)7)23(24(26)31)34-16(5)29/h17-19,21-24,30-31H,1,9-11H2,2-8H3/t17-,18-,19-,21-,22+,23+,24-,26+/m0/s1. The van der Waals surface area contributed by atoms with E-state index in [2.05, 4.69) is 6.58 Å². The van der Waals surface area contributed by atoms with Gasteiger partial charge in [-0.25, -0.2) is 0 Å². The van der Waals surface area contributed by atoms with Crippen molar-refractivity contribution in [2.45, 2.75) is 98.2 Å². The molecule has 0 heterocycles. The van der Waals surface area contributed by atoms with E-state index in [0.29, 0.717) is 30.4 Å². The predicted molar refractivity (Wildman–Crippen MR) is 123 cm³/mol. The van der Waals surface area contributed by atoms with Crippen molar-refractivity contribution in [1.82, 2.24) is 0 Å². The molecule has 8 heteroatoms. The molecule has 0 aromatic heterocycles. The van der Waals surface area contributed by atoms with Gasteiger partial charge in [-0.1, -0.05) is 27.4 Å². The molecule has 2 N–H and O–H groups in total. The van der Waals surface area contributed by atoms with Gasteiger partial charge in [-0.05, 0) is 48.3 Å². The first-order valence-electron chi connectivity index (χ1n) is 11.9. The van der Waals surface area contributed by atoms with Gasteiger partial charge in [0.15, 0.2) is 6.10 Å². The molecule has 190 valence electrons. The number of fused-ring (bicyclic) bond motifs is 3. The highest BCUT2D eigenvalue weighted by Crippen LogP contribution is 2.60. The first-order chi connectivity index (χ1) is 15.6. The quantitative estimate of drug-likeness (QED) is 0.361. The first-order valence-corrected chi connectivity index (χ1v) is 11.9. The smallest absolute Gasteiger partial charge is 0.303 e. The molecule has 2 saturated carbocycles. The number of ether oxygens (including phenoxy) is 3. The number of hydrogen-bond donors (Lipinski definition) is 2. The fourth-order valence-electron chi connectivity index (χ4n) is 6.77. The Balaban J connectivity index is 2.34. The van der Waals surface area contributed by atoms with Gasteiger partial charge in [-0.3, -0.25) is 14.4 Å². The van der Waals surface area contributed by atoms with Crippen molar-refractivity contribution < 1.29 is 38.8 Å². The zero-order chi connectivity index (χ0) is 25.7. The van der Waals surface area contributed by atoms with Crippen LogP contribution in [-0.4, -0.2) is 58.6 Å². The van der Waals surface area contributed by atoms with E-state index in [-0.39, 0.29) is 5.92 Å². The molecule has 34 heavy (non-hydrogen) atoms. The van der Waals surface area contributed by atoms with Gasteiger partial charge in [0, 0.05) is 38.0 Å². The molecular weight excluding hydrogens is 440 g/mol. The molecule has 3 rings (SSSR count). The minimum atomic E-state index is -1.18. The topological polar surface area (TPSA) is 119 Å². The zero-order valence-electron chi connectivity index (χ0n) is 21.2. The average molecular weight is 479 g/mol. The second-order valence-corrected chi connectivity index (χ2v) is 10.9. The third-order valence-corrected chi connectivity index (χ3v) is 8.37. The van der Waals surface area contributed by atoms with Crippen LogP contribution in [0.25, 0.3) is 0 Å². The molecule has 8 atom stereocenters. The van der Waals surface area contributed by atoms with Crippen LogP contribution >= 0.6 is 0 Å². The number of carbonyl (C=O) groups is 3.